The lowest BCUT2D eigenvalue weighted by Gasteiger charge is -2.40. The summed E-state index contributed by atoms with van der Waals surface area (Å²) in [6, 6.07) is 0.525. The van der Waals surface area contributed by atoms with Gasteiger partial charge in [-0.25, -0.2) is 0 Å². The Hall–Kier alpha value is -0.570. The van der Waals surface area contributed by atoms with E-state index in [1.165, 1.54) is 64.3 Å². The quantitative estimate of drug-likeness (QED) is 0.806. The van der Waals surface area contributed by atoms with E-state index in [0.29, 0.717) is 11.9 Å². The van der Waals surface area contributed by atoms with Crippen LogP contribution in [0.4, 0.5) is 0 Å². The average molecular weight is 321 g/mol. The normalized spacial score (nSPS) is 30.0. The SMILES string of the molecule is CC(C)C(=O)N1CC(CC2CC2)CC(NCC2CCCCC2)C1. The van der Waals surface area contributed by atoms with Crippen molar-refractivity contribution in [2.24, 2.45) is 23.7 Å². The van der Waals surface area contributed by atoms with E-state index in [9.17, 15) is 4.79 Å². The summed E-state index contributed by atoms with van der Waals surface area (Å²) in [6.45, 7) is 7.19. The second-order valence-corrected chi connectivity index (χ2v) is 8.79. The van der Waals surface area contributed by atoms with Crippen LogP contribution in [0.25, 0.3) is 0 Å². The summed E-state index contributed by atoms with van der Waals surface area (Å²) < 4.78 is 0. The van der Waals surface area contributed by atoms with Gasteiger partial charge in [0, 0.05) is 25.0 Å². The van der Waals surface area contributed by atoms with Gasteiger partial charge in [0.15, 0.2) is 0 Å². The maximum atomic E-state index is 12.5. The molecule has 1 heterocycles. The van der Waals surface area contributed by atoms with Crippen molar-refractivity contribution in [1.82, 2.24) is 10.2 Å². The van der Waals surface area contributed by atoms with Crippen molar-refractivity contribution in [3.8, 4) is 0 Å². The molecule has 0 aromatic rings. The maximum Gasteiger partial charge on any atom is 0.225 e. The second-order valence-electron chi connectivity index (χ2n) is 8.79. The molecule has 3 fully saturated rings. The zero-order valence-electron chi connectivity index (χ0n) is 15.2. The Morgan fingerprint density at radius 1 is 1.00 bits per heavy atom. The number of likely N-dealkylation sites (tertiary alicyclic amines) is 1. The molecule has 3 nitrogen and oxygen atoms in total. The van der Waals surface area contributed by atoms with Crippen LogP contribution in [0.15, 0.2) is 0 Å². The minimum absolute atomic E-state index is 0.133. The fourth-order valence-electron chi connectivity index (χ4n) is 4.62. The fraction of sp³-hybridized carbons (Fsp3) is 0.950. The number of rotatable bonds is 6. The van der Waals surface area contributed by atoms with Crippen LogP contribution in [0.1, 0.15) is 71.6 Å². The van der Waals surface area contributed by atoms with Crippen LogP contribution >= 0.6 is 0 Å². The van der Waals surface area contributed by atoms with Crippen LogP contribution in [0.2, 0.25) is 0 Å². The van der Waals surface area contributed by atoms with E-state index >= 15 is 0 Å². The number of piperidine rings is 1. The Labute approximate surface area is 142 Å². The third kappa shape index (κ3) is 5.20. The molecular formula is C20H36N2O. The molecule has 132 valence electrons. The van der Waals surface area contributed by atoms with Gasteiger partial charge in [-0.3, -0.25) is 4.79 Å². The van der Waals surface area contributed by atoms with E-state index in [4.69, 9.17) is 0 Å². The lowest BCUT2D eigenvalue weighted by molar-refractivity contribution is -0.137. The highest BCUT2D eigenvalue weighted by Crippen LogP contribution is 2.38. The number of nitrogens with one attached hydrogen (secondary N) is 1. The Morgan fingerprint density at radius 2 is 1.74 bits per heavy atom. The number of amides is 1. The van der Waals surface area contributed by atoms with Gasteiger partial charge in [-0.2, -0.15) is 0 Å². The van der Waals surface area contributed by atoms with Crippen molar-refractivity contribution in [3.05, 3.63) is 0 Å². The Morgan fingerprint density at radius 3 is 2.39 bits per heavy atom. The van der Waals surface area contributed by atoms with Crippen molar-refractivity contribution in [2.45, 2.75) is 77.7 Å². The fourth-order valence-corrected chi connectivity index (χ4v) is 4.62. The topological polar surface area (TPSA) is 32.3 Å². The molecule has 1 amide bonds. The molecule has 2 saturated carbocycles. The Bertz CT molecular complexity index is 385. The summed E-state index contributed by atoms with van der Waals surface area (Å²) in [5, 5.41) is 3.84. The molecule has 3 rings (SSSR count). The van der Waals surface area contributed by atoms with Gasteiger partial charge in [0.2, 0.25) is 5.91 Å². The Balaban J connectivity index is 1.52. The highest BCUT2D eigenvalue weighted by Gasteiger charge is 2.34. The number of hydrogen-bond acceptors (Lipinski definition) is 2. The van der Waals surface area contributed by atoms with Crippen molar-refractivity contribution >= 4 is 5.91 Å². The molecule has 1 N–H and O–H groups in total. The molecule has 1 aliphatic heterocycles. The first kappa shape index (κ1) is 17.3. The van der Waals surface area contributed by atoms with Crippen LogP contribution < -0.4 is 5.32 Å². The minimum Gasteiger partial charge on any atom is -0.341 e. The summed E-state index contributed by atoms with van der Waals surface area (Å²) >= 11 is 0. The zero-order valence-corrected chi connectivity index (χ0v) is 15.2. The summed E-state index contributed by atoms with van der Waals surface area (Å²) in [7, 11) is 0. The van der Waals surface area contributed by atoms with Crippen LogP contribution in [-0.2, 0) is 4.79 Å². The molecular weight excluding hydrogens is 284 g/mol. The van der Waals surface area contributed by atoms with Crippen LogP contribution in [-0.4, -0.2) is 36.5 Å². The molecule has 0 radical (unpaired) electrons. The number of carbonyl (C=O) groups is 1. The Kier molecular flexibility index (Phi) is 6.01. The first-order chi connectivity index (χ1) is 11.1. The number of nitrogens with zero attached hydrogens (tertiary/aromatic N) is 1. The van der Waals surface area contributed by atoms with Crippen molar-refractivity contribution in [2.75, 3.05) is 19.6 Å². The summed E-state index contributed by atoms with van der Waals surface area (Å²) in [5.74, 6) is 3.06. The molecule has 2 atom stereocenters. The second kappa shape index (κ2) is 8.00. The molecule has 0 bridgehead atoms. The summed E-state index contributed by atoms with van der Waals surface area (Å²) in [4.78, 5) is 14.7. The molecule has 2 unspecified atom stereocenters. The maximum absolute atomic E-state index is 12.5. The molecule has 0 aromatic carbocycles. The summed E-state index contributed by atoms with van der Waals surface area (Å²) in [5.41, 5.74) is 0. The molecule has 0 aromatic heterocycles. The largest absolute Gasteiger partial charge is 0.341 e. The van der Waals surface area contributed by atoms with Crippen molar-refractivity contribution in [3.63, 3.8) is 0 Å². The van der Waals surface area contributed by atoms with Crippen molar-refractivity contribution < 1.29 is 4.79 Å². The van der Waals surface area contributed by atoms with Gasteiger partial charge in [-0.15, -0.1) is 0 Å². The molecule has 2 aliphatic carbocycles. The first-order valence-electron chi connectivity index (χ1n) is 10.1. The zero-order chi connectivity index (χ0) is 16.2. The highest BCUT2D eigenvalue weighted by atomic mass is 16.2. The van der Waals surface area contributed by atoms with Gasteiger partial charge < -0.3 is 10.2 Å². The average Bonchev–Trinajstić information content (AvgIpc) is 3.37. The van der Waals surface area contributed by atoms with Gasteiger partial charge in [0.25, 0.3) is 0 Å². The molecule has 3 aliphatic rings. The van der Waals surface area contributed by atoms with Gasteiger partial charge in [0.05, 0.1) is 0 Å². The lowest BCUT2D eigenvalue weighted by atomic mass is 9.87. The molecule has 23 heavy (non-hydrogen) atoms. The molecule has 1 saturated heterocycles. The lowest BCUT2D eigenvalue weighted by Crippen LogP contribution is -2.53. The van der Waals surface area contributed by atoms with Crippen LogP contribution in [0, 0.1) is 23.7 Å². The van der Waals surface area contributed by atoms with Gasteiger partial charge in [-0.1, -0.05) is 46.0 Å². The van der Waals surface area contributed by atoms with Gasteiger partial charge >= 0.3 is 0 Å². The van der Waals surface area contributed by atoms with E-state index in [2.05, 4.69) is 10.2 Å². The monoisotopic (exact) mass is 320 g/mol. The summed E-state index contributed by atoms with van der Waals surface area (Å²) in [6.07, 6.45) is 12.6. The minimum atomic E-state index is 0.133. The van der Waals surface area contributed by atoms with Crippen LogP contribution in [0.5, 0.6) is 0 Å². The third-order valence-corrected chi connectivity index (χ3v) is 6.13. The molecule has 3 heteroatoms. The van der Waals surface area contributed by atoms with Gasteiger partial charge in [0.1, 0.15) is 0 Å². The number of carbonyl (C=O) groups excluding carboxylic acids is 1. The smallest absolute Gasteiger partial charge is 0.225 e. The molecule has 0 spiro atoms. The van der Waals surface area contributed by atoms with Crippen molar-refractivity contribution in [1.29, 1.82) is 0 Å². The van der Waals surface area contributed by atoms with E-state index in [-0.39, 0.29) is 5.92 Å². The highest BCUT2D eigenvalue weighted by molar-refractivity contribution is 5.78. The van der Waals surface area contributed by atoms with E-state index in [0.717, 1.165) is 30.8 Å². The third-order valence-electron chi connectivity index (χ3n) is 6.13. The van der Waals surface area contributed by atoms with Crippen LogP contribution in [0.3, 0.4) is 0 Å². The predicted molar refractivity (Wildman–Crippen MR) is 95.2 cm³/mol. The standard InChI is InChI=1S/C20H36N2O/c1-15(2)20(23)22-13-18(10-16-8-9-16)11-19(14-22)21-12-17-6-4-3-5-7-17/h15-19,21H,3-14H2,1-2H3. The van der Waals surface area contributed by atoms with Gasteiger partial charge in [-0.05, 0) is 50.0 Å². The number of hydrogen-bond donors (Lipinski definition) is 1. The van der Waals surface area contributed by atoms with E-state index in [1.54, 1.807) is 0 Å². The van der Waals surface area contributed by atoms with E-state index < -0.39 is 0 Å². The first-order valence-corrected chi connectivity index (χ1v) is 10.1. The van der Waals surface area contributed by atoms with E-state index in [1.807, 2.05) is 13.8 Å². The predicted octanol–water partition coefficient (Wildman–Crippen LogP) is 3.83.